The first-order chi connectivity index (χ1) is 39.8. The standard InChI is InChI=1S/3C8H9Cl.C8H6FN.C8H7N.2C8H10.C7H7Cl.C7H8.C6H8S/c3*1-6-3-4-7(2)8(9)5-6;1-6-7(5-10)3-2-4-8(6)9;1-7-4-2-3-5-8(7)6-9;2*1-7-4-3-5-8(2)6-7;1-6-4-2-3-5-7(6)8;1-7-5-3-2-4-6-7;1-5-3-6(2)7-4-5/h3*3-5H,1-2H3;2-4H,1H3;2-5H,1H3;2*3-6H,1-2H3;2-5H,1H3;2-6H,1H3;3-4H,1-2H3. The highest BCUT2D eigenvalue weighted by Crippen LogP contribution is 2.18. The van der Waals surface area contributed by atoms with Gasteiger partial charge in [0.2, 0.25) is 0 Å². The van der Waals surface area contributed by atoms with Crippen LogP contribution in [-0.4, -0.2) is 0 Å². The molecule has 0 aliphatic heterocycles. The number of aryl methyl sites for hydroxylation is 15. The Labute approximate surface area is 528 Å². The van der Waals surface area contributed by atoms with Gasteiger partial charge in [0, 0.05) is 30.5 Å². The summed E-state index contributed by atoms with van der Waals surface area (Å²) in [6, 6.07) is 71.3. The maximum atomic E-state index is 12.6. The van der Waals surface area contributed by atoms with E-state index >= 15 is 0 Å². The minimum absolute atomic E-state index is 0.320. The number of halogens is 5. The second kappa shape index (κ2) is 42.5. The second-order valence-electron chi connectivity index (χ2n) is 20.2. The predicted octanol–water partition coefficient (Wildman–Crippen LogP) is 24.4. The summed E-state index contributed by atoms with van der Waals surface area (Å²) in [5, 5.41) is 22.5. The van der Waals surface area contributed by atoms with Gasteiger partial charge in [0.25, 0.3) is 0 Å². The summed E-state index contributed by atoms with van der Waals surface area (Å²) in [6.45, 7) is 32.4. The summed E-state index contributed by atoms with van der Waals surface area (Å²) in [5.74, 6) is -0.320. The lowest BCUT2D eigenvalue weighted by Gasteiger charge is -1.96. The van der Waals surface area contributed by atoms with Crippen LogP contribution in [0.2, 0.25) is 20.1 Å². The average Bonchev–Trinajstić information content (AvgIpc) is 3.94. The lowest BCUT2D eigenvalue weighted by Crippen LogP contribution is -1.85. The van der Waals surface area contributed by atoms with Crippen molar-refractivity contribution in [3.63, 3.8) is 0 Å². The van der Waals surface area contributed by atoms with E-state index in [0.29, 0.717) is 11.1 Å². The molecule has 0 bridgehead atoms. The summed E-state index contributed by atoms with van der Waals surface area (Å²) in [6.07, 6.45) is 0. The largest absolute Gasteiger partial charge is 0.207 e. The molecule has 9 aromatic carbocycles. The molecule has 10 aromatic rings. The molecular formula is C76H83Cl4FN2S. The quantitative estimate of drug-likeness (QED) is 0.152. The first-order valence-electron chi connectivity index (χ1n) is 27.4. The van der Waals surface area contributed by atoms with E-state index in [0.717, 1.165) is 53.5 Å². The van der Waals surface area contributed by atoms with Crippen LogP contribution >= 0.6 is 57.7 Å². The van der Waals surface area contributed by atoms with Gasteiger partial charge < -0.3 is 0 Å². The molecule has 0 saturated heterocycles. The van der Waals surface area contributed by atoms with E-state index in [4.69, 9.17) is 56.9 Å². The summed E-state index contributed by atoms with van der Waals surface area (Å²) in [7, 11) is 0. The highest BCUT2D eigenvalue weighted by molar-refractivity contribution is 7.10. The number of benzene rings is 9. The smallest absolute Gasteiger partial charge is 0.127 e. The van der Waals surface area contributed by atoms with Crippen LogP contribution in [0.4, 0.5) is 4.39 Å². The third-order valence-corrected chi connectivity index (χ3v) is 14.5. The van der Waals surface area contributed by atoms with Crippen molar-refractivity contribution < 1.29 is 4.39 Å². The van der Waals surface area contributed by atoms with E-state index < -0.39 is 0 Å². The molecule has 8 heteroatoms. The molecule has 438 valence electrons. The highest BCUT2D eigenvalue weighted by atomic mass is 35.5. The van der Waals surface area contributed by atoms with Gasteiger partial charge in [-0.2, -0.15) is 10.5 Å². The number of hydrogen-bond donors (Lipinski definition) is 0. The van der Waals surface area contributed by atoms with Gasteiger partial charge in [-0.05, 0) is 215 Å². The van der Waals surface area contributed by atoms with Crippen LogP contribution in [0.1, 0.15) is 99.5 Å². The molecule has 1 aromatic heterocycles. The van der Waals surface area contributed by atoms with Crippen molar-refractivity contribution in [1.29, 1.82) is 10.5 Å². The maximum Gasteiger partial charge on any atom is 0.127 e. The minimum Gasteiger partial charge on any atom is -0.207 e. The van der Waals surface area contributed by atoms with E-state index in [9.17, 15) is 4.39 Å². The topological polar surface area (TPSA) is 47.6 Å². The molecule has 0 aliphatic carbocycles. The Kier molecular flexibility index (Phi) is 37.9. The summed E-state index contributed by atoms with van der Waals surface area (Å²) < 4.78 is 12.6. The van der Waals surface area contributed by atoms with Gasteiger partial charge in [-0.1, -0.05) is 232 Å². The SMILES string of the molecule is Cc1c(F)cccc1C#N.Cc1ccc(C)c(Cl)c1.Cc1ccc(C)c(Cl)c1.Cc1ccc(C)c(Cl)c1.Cc1cccc(C)c1.Cc1cccc(C)c1.Cc1ccccc1.Cc1ccccc1C#N.Cc1ccccc1Cl.Cc1csc(C)c1. The Morgan fingerprint density at radius 2 is 0.631 bits per heavy atom. The summed E-state index contributed by atoms with van der Waals surface area (Å²) in [5.41, 5.74) is 18.9. The lowest BCUT2D eigenvalue weighted by atomic mass is 10.1. The molecule has 0 amide bonds. The molecule has 2 nitrogen and oxygen atoms in total. The van der Waals surface area contributed by atoms with Crippen LogP contribution < -0.4 is 0 Å². The second-order valence-corrected chi connectivity index (χ2v) is 22.9. The van der Waals surface area contributed by atoms with Crippen LogP contribution in [0.25, 0.3) is 0 Å². The molecule has 1 heterocycles. The van der Waals surface area contributed by atoms with Gasteiger partial charge in [0.15, 0.2) is 0 Å². The van der Waals surface area contributed by atoms with Gasteiger partial charge in [-0.15, -0.1) is 11.3 Å². The number of thiophene rings is 1. The van der Waals surface area contributed by atoms with Crippen LogP contribution in [0.5, 0.6) is 0 Å². The third-order valence-electron chi connectivity index (χ3n) is 11.9. The van der Waals surface area contributed by atoms with Crippen molar-refractivity contribution in [2.75, 3.05) is 0 Å². The molecule has 0 spiro atoms. The Morgan fingerprint density at radius 1 is 0.298 bits per heavy atom. The van der Waals surface area contributed by atoms with Gasteiger partial charge >= 0.3 is 0 Å². The highest BCUT2D eigenvalue weighted by Gasteiger charge is 2.00. The summed E-state index contributed by atoms with van der Waals surface area (Å²) in [4.78, 5) is 1.40. The fraction of sp³-hybridized carbons (Fsp3) is 0.211. The fourth-order valence-corrected chi connectivity index (χ4v) is 8.33. The van der Waals surface area contributed by atoms with E-state index in [1.165, 1.54) is 67.1 Å². The van der Waals surface area contributed by atoms with Crippen LogP contribution in [0.3, 0.4) is 0 Å². The molecule has 0 fully saturated rings. The van der Waals surface area contributed by atoms with Gasteiger partial charge in [0.1, 0.15) is 5.82 Å². The first-order valence-corrected chi connectivity index (χ1v) is 29.8. The molecule has 0 saturated carbocycles. The third kappa shape index (κ3) is 34.4. The van der Waals surface area contributed by atoms with E-state index in [-0.39, 0.29) is 5.82 Å². The molecule has 84 heavy (non-hydrogen) atoms. The molecule has 0 unspecified atom stereocenters. The van der Waals surface area contributed by atoms with Crippen molar-refractivity contribution in [1.82, 2.24) is 0 Å². The Hall–Kier alpha value is -7.25. The minimum atomic E-state index is -0.320. The Balaban J connectivity index is 0.000000467. The van der Waals surface area contributed by atoms with Crippen LogP contribution in [0, 0.1) is 139 Å². The Bertz CT molecular complexity index is 3340. The normalized spacial score (nSPS) is 9.23. The maximum absolute atomic E-state index is 12.6. The molecule has 10 rings (SSSR count). The van der Waals surface area contributed by atoms with E-state index in [2.05, 4.69) is 145 Å². The molecule has 0 atom stereocenters. The van der Waals surface area contributed by atoms with Crippen LogP contribution in [-0.2, 0) is 0 Å². The van der Waals surface area contributed by atoms with Gasteiger partial charge in [0.05, 0.1) is 23.3 Å². The van der Waals surface area contributed by atoms with Crippen molar-refractivity contribution in [2.45, 2.75) is 111 Å². The van der Waals surface area contributed by atoms with Crippen LogP contribution in [0.15, 0.2) is 212 Å². The zero-order chi connectivity index (χ0) is 63.1. The average molecular weight is 1220 g/mol. The first kappa shape index (κ1) is 74.8. The van der Waals surface area contributed by atoms with Crippen molar-refractivity contribution in [3.8, 4) is 12.1 Å². The van der Waals surface area contributed by atoms with E-state index in [1.54, 1.807) is 24.3 Å². The van der Waals surface area contributed by atoms with Crippen molar-refractivity contribution in [3.05, 3.63) is 337 Å². The molecule has 0 aliphatic rings. The predicted molar refractivity (Wildman–Crippen MR) is 368 cm³/mol. The molecule has 0 N–H and O–H groups in total. The number of rotatable bonds is 0. The number of hydrogen-bond acceptors (Lipinski definition) is 3. The fourth-order valence-electron chi connectivity index (χ4n) is 6.79. The molecular weight excluding hydrogens is 1130 g/mol. The Morgan fingerprint density at radius 3 is 0.869 bits per heavy atom. The van der Waals surface area contributed by atoms with Crippen molar-refractivity contribution >= 4 is 57.7 Å². The monoisotopic (exact) mass is 1210 g/mol. The lowest BCUT2D eigenvalue weighted by molar-refractivity contribution is 0.618. The number of nitriles is 2. The number of nitrogens with zero attached hydrogens (tertiary/aromatic N) is 2. The van der Waals surface area contributed by atoms with Gasteiger partial charge in [-0.3, -0.25) is 0 Å². The summed E-state index contributed by atoms with van der Waals surface area (Å²) >= 11 is 25.0. The zero-order valence-electron chi connectivity index (χ0n) is 51.9. The van der Waals surface area contributed by atoms with Crippen molar-refractivity contribution in [2.24, 2.45) is 0 Å². The van der Waals surface area contributed by atoms with E-state index in [1.807, 2.05) is 165 Å². The zero-order valence-corrected chi connectivity index (χ0v) is 55.7. The van der Waals surface area contributed by atoms with Gasteiger partial charge in [-0.25, -0.2) is 4.39 Å². The molecule has 0 radical (unpaired) electrons.